The van der Waals surface area contributed by atoms with Crippen LogP contribution in [0.15, 0.2) is 72.8 Å². The molecular weight excluding hydrogens is 352 g/mol. The van der Waals surface area contributed by atoms with Gasteiger partial charge in [0.25, 0.3) is 0 Å². The van der Waals surface area contributed by atoms with Gasteiger partial charge in [-0.1, -0.05) is 72.8 Å². The number of benzene rings is 4. The molecule has 0 atom stereocenters. The maximum absolute atomic E-state index is 6.98. The van der Waals surface area contributed by atoms with Crippen molar-refractivity contribution in [1.29, 1.82) is 0 Å². The molecule has 1 heteroatoms. The van der Waals surface area contributed by atoms with E-state index in [1.807, 2.05) is 0 Å². The van der Waals surface area contributed by atoms with E-state index >= 15 is 0 Å². The second kappa shape index (κ2) is 7.00. The first-order valence-electron chi connectivity index (χ1n) is 10.4. The third-order valence-corrected chi connectivity index (χ3v) is 5.99. The minimum atomic E-state index is -0.447. The van der Waals surface area contributed by atoms with Crippen molar-refractivity contribution in [1.82, 2.24) is 0 Å². The van der Waals surface area contributed by atoms with Gasteiger partial charge in [-0.15, -0.1) is 0 Å². The molecule has 148 valence electrons. The lowest BCUT2D eigenvalue weighted by Gasteiger charge is -2.39. The number of ether oxygens (including phenoxy) is 1. The highest BCUT2D eigenvalue weighted by atomic mass is 16.5. The molecule has 0 aromatic heterocycles. The van der Waals surface area contributed by atoms with E-state index in [1.165, 1.54) is 43.8 Å². The third kappa shape index (κ3) is 3.45. The predicted octanol–water partition coefficient (Wildman–Crippen LogP) is 7.80. The van der Waals surface area contributed by atoms with Crippen molar-refractivity contribution in [2.24, 2.45) is 0 Å². The van der Waals surface area contributed by atoms with Crippen LogP contribution in [0.1, 0.15) is 49.9 Å². The van der Waals surface area contributed by atoms with E-state index < -0.39 is 11.2 Å². The average Bonchev–Trinajstić information content (AvgIpc) is 2.66. The fourth-order valence-corrected chi connectivity index (χ4v) is 5.10. The van der Waals surface area contributed by atoms with Gasteiger partial charge in [0.1, 0.15) is 0 Å². The van der Waals surface area contributed by atoms with Crippen molar-refractivity contribution in [2.45, 2.75) is 52.7 Å². The summed E-state index contributed by atoms with van der Waals surface area (Å²) in [6.07, 6.45) is 0. The van der Waals surface area contributed by atoms with Crippen molar-refractivity contribution in [2.75, 3.05) is 0 Å². The van der Waals surface area contributed by atoms with E-state index in [0.29, 0.717) is 0 Å². The van der Waals surface area contributed by atoms with Gasteiger partial charge in [0.2, 0.25) is 0 Å². The second-order valence-electron chi connectivity index (χ2n) is 9.08. The van der Waals surface area contributed by atoms with E-state index in [2.05, 4.69) is 114 Å². The lowest BCUT2D eigenvalue weighted by Crippen LogP contribution is -2.34. The molecule has 0 aliphatic heterocycles. The number of hydrogen-bond donors (Lipinski definition) is 0. The first-order valence-corrected chi connectivity index (χ1v) is 10.4. The SMILES string of the molecule is Cc1ccc2ccccc2c1C(C)(C)OC(C)(C)c1c(C)ccc2ccccc12. The van der Waals surface area contributed by atoms with E-state index in [9.17, 15) is 0 Å². The molecule has 4 rings (SSSR count). The number of fused-ring (bicyclic) bond motifs is 2. The number of hydrogen-bond acceptors (Lipinski definition) is 1. The standard InChI is InChI=1S/C28H30O/c1-19-15-17-21-11-7-9-13-23(21)25(19)27(3,4)29-28(5,6)26-20(2)16-18-22-12-8-10-14-24(22)26/h7-18H,1-6H3. The smallest absolute Gasteiger partial charge is 0.0895 e. The van der Waals surface area contributed by atoms with E-state index in [-0.39, 0.29) is 0 Å². The Hall–Kier alpha value is -2.64. The quantitative estimate of drug-likeness (QED) is 0.350. The maximum atomic E-state index is 6.98. The van der Waals surface area contributed by atoms with Crippen LogP contribution in [0.25, 0.3) is 21.5 Å². The number of rotatable bonds is 4. The summed E-state index contributed by atoms with van der Waals surface area (Å²) in [5.74, 6) is 0. The summed E-state index contributed by atoms with van der Waals surface area (Å²) >= 11 is 0. The Kier molecular flexibility index (Phi) is 4.75. The first kappa shape index (κ1) is 19.7. The molecule has 0 saturated heterocycles. The highest BCUT2D eigenvalue weighted by molar-refractivity contribution is 5.88. The molecule has 0 fully saturated rings. The van der Waals surface area contributed by atoms with E-state index in [0.717, 1.165) is 0 Å². The van der Waals surface area contributed by atoms with E-state index in [4.69, 9.17) is 4.74 Å². The zero-order chi connectivity index (χ0) is 20.8. The Morgan fingerprint density at radius 3 is 1.31 bits per heavy atom. The fourth-order valence-electron chi connectivity index (χ4n) is 5.10. The summed E-state index contributed by atoms with van der Waals surface area (Å²) in [6.45, 7) is 13.2. The minimum absolute atomic E-state index is 0.447. The first-order chi connectivity index (χ1) is 13.7. The van der Waals surface area contributed by atoms with Crippen LogP contribution in [0.2, 0.25) is 0 Å². The van der Waals surface area contributed by atoms with Crippen LogP contribution in [0.4, 0.5) is 0 Å². The molecule has 4 aromatic rings. The summed E-state index contributed by atoms with van der Waals surface area (Å²) in [7, 11) is 0. The van der Waals surface area contributed by atoms with Gasteiger partial charge in [-0.3, -0.25) is 0 Å². The van der Waals surface area contributed by atoms with Gasteiger partial charge in [-0.2, -0.15) is 0 Å². The molecule has 1 nitrogen and oxygen atoms in total. The van der Waals surface area contributed by atoms with Gasteiger partial charge in [0.15, 0.2) is 0 Å². The fraction of sp³-hybridized carbons (Fsp3) is 0.286. The molecule has 0 bridgehead atoms. The molecular formula is C28H30O. The monoisotopic (exact) mass is 382 g/mol. The molecule has 0 unspecified atom stereocenters. The Morgan fingerprint density at radius 2 is 0.897 bits per heavy atom. The molecule has 0 aliphatic rings. The Morgan fingerprint density at radius 1 is 0.517 bits per heavy atom. The van der Waals surface area contributed by atoms with Crippen LogP contribution in [0.5, 0.6) is 0 Å². The molecule has 0 radical (unpaired) electrons. The predicted molar refractivity (Wildman–Crippen MR) is 125 cm³/mol. The molecule has 0 aliphatic carbocycles. The lowest BCUT2D eigenvalue weighted by molar-refractivity contribution is -0.131. The largest absolute Gasteiger partial charge is 0.360 e. The molecule has 29 heavy (non-hydrogen) atoms. The number of aryl methyl sites for hydroxylation is 2. The highest BCUT2D eigenvalue weighted by Crippen LogP contribution is 2.42. The molecule has 0 saturated carbocycles. The maximum Gasteiger partial charge on any atom is 0.0895 e. The third-order valence-electron chi connectivity index (χ3n) is 5.99. The van der Waals surface area contributed by atoms with Crippen LogP contribution in [-0.2, 0) is 15.9 Å². The second-order valence-corrected chi connectivity index (χ2v) is 9.08. The summed E-state index contributed by atoms with van der Waals surface area (Å²) in [5, 5.41) is 5.04. The average molecular weight is 383 g/mol. The zero-order valence-electron chi connectivity index (χ0n) is 18.3. The Balaban J connectivity index is 1.86. The summed E-state index contributed by atoms with van der Waals surface area (Å²) < 4.78 is 6.98. The van der Waals surface area contributed by atoms with Crippen molar-refractivity contribution in [3.8, 4) is 0 Å². The minimum Gasteiger partial charge on any atom is -0.360 e. The van der Waals surface area contributed by atoms with Crippen molar-refractivity contribution in [3.63, 3.8) is 0 Å². The van der Waals surface area contributed by atoms with Crippen molar-refractivity contribution < 1.29 is 4.74 Å². The van der Waals surface area contributed by atoms with Crippen molar-refractivity contribution in [3.05, 3.63) is 95.1 Å². The van der Waals surface area contributed by atoms with Gasteiger partial charge in [0, 0.05) is 0 Å². The topological polar surface area (TPSA) is 9.23 Å². The molecule has 0 spiro atoms. The Labute approximate surface area is 174 Å². The summed E-state index contributed by atoms with van der Waals surface area (Å²) in [5.41, 5.74) is 4.16. The van der Waals surface area contributed by atoms with Crippen LogP contribution in [-0.4, -0.2) is 0 Å². The van der Waals surface area contributed by atoms with Gasteiger partial charge in [-0.05, 0) is 85.3 Å². The van der Waals surface area contributed by atoms with Crippen LogP contribution in [0.3, 0.4) is 0 Å². The van der Waals surface area contributed by atoms with Crippen LogP contribution in [0, 0.1) is 13.8 Å². The van der Waals surface area contributed by atoms with Gasteiger partial charge < -0.3 is 4.74 Å². The summed E-state index contributed by atoms with van der Waals surface area (Å²) in [6, 6.07) is 26.0. The van der Waals surface area contributed by atoms with Gasteiger partial charge in [-0.25, -0.2) is 0 Å². The summed E-state index contributed by atoms with van der Waals surface area (Å²) in [4.78, 5) is 0. The molecule has 4 aromatic carbocycles. The molecule has 0 heterocycles. The normalized spacial score (nSPS) is 12.6. The van der Waals surface area contributed by atoms with Gasteiger partial charge >= 0.3 is 0 Å². The molecule has 0 amide bonds. The van der Waals surface area contributed by atoms with E-state index in [1.54, 1.807) is 0 Å². The zero-order valence-corrected chi connectivity index (χ0v) is 18.3. The highest BCUT2D eigenvalue weighted by Gasteiger charge is 2.35. The van der Waals surface area contributed by atoms with Crippen molar-refractivity contribution >= 4 is 21.5 Å². The lowest BCUT2D eigenvalue weighted by atomic mass is 9.85. The molecule has 0 N–H and O–H groups in total. The van der Waals surface area contributed by atoms with Crippen LogP contribution < -0.4 is 0 Å². The Bertz CT molecular complexity index is 1100. The van der Waals surface area contributed by atoms with Crippen LogP contribution >= 0.6 is 0 Å². The van der Waals surface area contributed by atoms with Gasteiger partial charge in [0.05, 0.1) is 11.2 Å².